The van der Waals surface area contributed by atoms with Gasteiger partial charge in [-0.2, -0.15) is 5.10 Å². The number of nitrogens with zero attached hydrogens (tertiary/aromatic N) is 3. The number of ether oxygens (including phenoxy) is 1. The number of aromatic nitrogens is 3. The van der Waals surface area contributed by atoms with Crippen molar-refractivity contribution in [2.45, 2.75) is 20.5 Å². The monoisotopic (exact) mass is 289 g/mol. The molecule has 0 aliphatic carbocycles. The molecule has 3 aromatic rings. The molecule has 0 bridgehead atoms. The van der Waals surface area contributed by atoms with Crippen molar-refractivity contribution in [2.24, 2.45) is 0 Å². The Labute approximate surface area is 120 Å². The minimum Gasteiger partial charge on any atom is -0.493 e. The standard InChI is InChI=1S/C14H15N3O2S/c1-3-19-12-7-5-4-6-10(12)13-11(8-18)17-14(15-13)20-9(2)16-17/h4-7,18H,3,8H2,1-2H3. The number of rotatable bonds is 4. The van der Waals surface area contributed by atoms with Crippen LogP contribution in [0, 0.1) is 6.92 Å². The average Bonchev–Trinajstić information content (AvgIpc) is 2.95. The lowest BCUT2D eigenvalue weighted by Crippen LogP contribution is -1.98. The van der Waals surface area contributed by atoms with Crippen LogP contribution in [-0.2, 0) is 6.61 Å². The molecule has 0 spiro atoms. The maximum Gasteiger partial charge on any atom is 0.213 e. The molecule has 0 saturated carbocycles. The Hall–Kier alpha value is -1.92. The topological polar surface area (TPSA) is 59.7 Å². The summed E-state index contributed by atoms with van der Waals surface area (Å²) in [5.74, 6) is 0.771. The first-order chi connectivity index (χ1) is 9.74. The summed E-state index contributed by atoms with van der Waals surface area (Å²) in [7, 11) is 0. The summed E-state index contributed by atoms with van der Waals surface area (Å²) in [5.41, 5.74) is 2.31. The van der Waals surface area contributed by atoms with Crippen LogP contribution in [0.5, 0.6) is 5.75 Å². The predicted octanol–water partition coefficient (Wildman–Crippen LogP) is 2.66. The summed E-state index contributed by atoms with van der Waals surface area (Å²) < 4.78 is 7.35. The van der Waals surface area contributed by atoms with Gasteiger partial charge in [-0.1, -0.05) is 23.5 Å². The average molecular weight is 289 g/mol. The number of aryl methyl sites for hydroxylation is 1. The molecule has 0 aliphatic heterocycles. The van der Waals surface area contributed by atoms with E-state index in [0.29, 0.717) is 12.3 Å². The van der Waals surface area contributed by atoms with Crippen LogP contribution in [0.3, 0.4) is 0 Å². The minimum atomic E-state index is -0.111. The smallest absolute Gasteiger partial charge is 0.213 e. The summed E-state index contributed by atoms with van der Waals surface area (Å²) in [6.07, 6.45) is 0. The minimum absolute atomic E-state index is 0.111. The van der Waals surface area contributed by atoms with Gasteiger partial charge in [0.25, 0.3) is 0 Å². The van der Waals surface area contributed by atoms with Crippen molar-refractivity contribution in [1.29, 1.82) is 0 Å². The maximum absolute atomic E-state index is 9.66. The lowest BCUT2D eigenvalue weighted by molar-refractivity contribution is 0.274. The molecule has 0 radical (unpaired) electrons. The van der Waals surface area contributed by atoms with E-state index in [-0.39, 0.29) is 6.61 Å². The van der Waals surface area contributed by atoms with Gasteiger partial charge in [0, 0.05) is 5.56 Å². The molecule has 6 heteroatoms. The first kappa shape index (κ1) is 13.1. The van der Waals surface area contributed by atoms with Gasteiger partial charge in [-0.05, 0) is 26.0 Å². The number of imidazole rings is 1. The van der Waals surface area contributed by atoms with Gasteiger partial charge in [0.05, 0.1) is 18.9 Å². The third-order valence-corrected chi connectivity index (χ3v) is 3.81. The van der Waals surface area contributed by atoms with Crippen molar-refractivity contribution >= 4 is 16.3 Å². The summed E-state index contributed by atoms with van der Waals surface area (Å²) >= 11 is 1.51. The second-order valence-electron chi connectivity index (χ2n) is 4.31. The SMILES string of the molecule is CCOc1ccccc1-c1nc2sc(C)nn2c1CO. The van der Waals surface area contributed by atoms with E-state index >= 15 is 0 Å². The Bertz CT molecular complexity index is 748. The third kappa shape index (κ3) is 2.07. The van der Waals surface area contributed by atoms with Crippen molar-refractivity contribution in [3.63, 3.8) is 0 Å². The van der Waals surface area contributed by atoms with E-state index in [9.17, 15) is 5.11 Å². The van der Waals surface area contributed by atoms with Gasteiger partial charge < -0.3 is 9.84 Å². The quantitative estimate of drug-likeness (QED) is 0.802. The molecule has 2 heterocycles. The van der Waals surface area contributed by atoms with E-state index in [1.54, 1.807) is 4.52 Å². The summed E-state index contributed by atoms with van der Waals surface area (Å²) in [6, 6.07) is 7.72. The molecule has 2 aromatic heterocycles. The van der Waals surface area contributed by atoms with Gasteiger partial charge in [-0.25, -0.2) is 9.50 Å². The highest BCUT2D eigenvalue weighted by atomic mass is 32.1. The second-order valence-corrected chi connectivity index (χ2v) is 5.47. The lowest BCUT2D eigenvalue weighted by Gasteiger charge is -2.09. The Kier molecular flexibility index (Phi) is 3.42. The summed E-state index contributed by atoms with van der Waals surface area (Å²) in [6.45, 7) is 4.35. The highest BCUT2D eigenvalue weighted by Crippen LogP contribution is 2.33. The van der Waals surface area contributed by atoms with Crippen LogP contribution >= 0.6 is 11.3 Å². The summed E-state index contributed by atoms with van der Waals surface area (Å²) in [4.78, 5) is 5.38. The van der Waals surface area contributed by atoms with Gasteiger partial charge in [0.2, 0.25) is 4.96 Å². The van der Waals surface area contributed by atoms with Gasteiger partial charge in [-0.3, -0.25) is 0 Å². The van der Waals surface area contributed by atoms with Crippen molar-refractivity contribution in [2.75, 3.05) is 6.61 Å². The van der Waals surface area contributed by atoms with E-state index in [2.05, 4.69) is 10.1 Å². The van der Waals surface area contributed by atoms with Crippen molar-refractivity contribution in [1.82, 2.24) is 14.6 Å². The zero-order valence-electron chi connectivity index (χ0n) is 11.3. The normalized spacial score (nSPS) is 11.2. The van der Waals surface area contributed by atoms with Gasteiger partial charge in [0.15, 0.2) is 0 Å². The zero-order chi connectivity index (χ0) is 14.1. The number of aliphatic hydroxyl groups excluding tert-OH is 1. The van der Waals surface area contributed by atoms with E-state index in [4.69, 9.17) is 4.74 Å². The van der Waals surface area contributed by atoms with Crippen LogP contribution in [0.1, 0.15) is 17.6 Å². The Morgan fingerprint density at radius 1 is 1.35 bits per heavy atom. The molecule has 0 atom stereocenters. The molecular formula is C14H15N3O2S. The van der Waals surface area contributed by atoms with Crippen molar-refractivity contribution < 1.29 is 9.84 Å². The number of aliphatic hydroxyl groups is 1. The maximum atomic E-state index is 9.66. The Morgan fingerprint density at radius 3 is 2.90 bits per heavy atom. The molecule has 1 aromatic carbocycles. The Balaban J connectivity index is 2.21. The van der Waals surface area contributed by atoms with E-state index in [1.165, 1.54) is 11.3 Å². The molecule has 0 aliphatic rings. The van der Waals surface area contributed by atoms with Crippen LogP contribution in [0.4, 0.5) is 0 Å². The number of fused-ring (bicyclic) bond motifs is 1. The molecule has 1 N–H and O–H groups in total. The molecule has 0 unspecified atom stereocenters. The van der Waals surface area contributed by atoms with Crippen LogP contribution in [-0.4, -0.2) is 26.3 Å². The number of benzene rings is 1. The number of hydrogen-bond donors (Lipinski definition) is 1. The number of para-hydroxylation sites is 1. The molecule has 0 fully saturated rings. The fraction of sp³-hybridized carbons (Fsp3) is 0.286. The third-order valence-electron chi connectivity index (χ3n) is 2.99. The van der Waals surface area contributed by atoms with E-state index in [1.807, 2.05) is 38.1 Å². The molecule has 5 nitrogen and oxygen atoms in total. The van der Waals surface area contributed by atoms with Crippen molar-refractivity contribution in [3.8, 4) is 17.0 Å². The van der Waals surface area contributed by atoms with Gasteiger partial charge >= 0.3 is 0 Å². The fourth-order valence-electron chi connectivity index (χ4n) is 2.19. The molecule has 0 saturated heterocycles. The van der Waals surface area contributed by atoms with Crippen LogP contribution in [0.2, 0.25) is 0 Å². The molecule has 20 heavy (non-hydrogen) atoms. The van der Waals surface area contributed by atoms with Crippen LogP contribution < -0.4 is 4.74 Å². The van der Waals surface area contributed by atoms with Gasteiger partial charge in [0.1, 0.15) is 16.5 Å². The Morgan fingerprint density at radius 2 is 2.15 bits per heavy atom. The first-order valence-electron chi connectivity index (χ1n) is 6.42. The van der Waals surface area contributed by atoms with Gasteiger partial charge in [-0.15, -0.1) is 0 Å². The molecule has 3 rings (SSSR count). The van der Waals surface area contributed by atoms with E-state index in [0.717, 1.165) is 27.0 Å². The molecule has 104 valence electrons. The summed E-state index contributed by atoms with van der Waals surface area (Å²) in [5, 5.41) is 15.0. The highest BCUT2D eigenvalue weighted by molar-refractivity contribution is 7.16. The predicted molar refractivity (Wildman–Crippen MR) is 78.1 cm³/mol. The second kappa shape index (κ2) is 5.22. The van der Waals surface area contributed by atoms with Crippen molar-refractivity contribution in [3.05, 3.63) is 35.0 Å². The lowest BCUT2D eigenvalue weighted by atomic mass is 10.1. The molecular weight excluding hydrogens is 274 g/mol. The largest absolute Gasteiger partial charge is 0.493 e. The molecule has 0 amide bonds. The first-order valence-corrected chi connectivity index (χ1v) is 7.24. The van der Waals surface area contributed by atoms with Crippen LogP contribution in [0.15, 0.2) is 24.3 Å². The number of hydrogen-bond acceptors (Lipinski definition) is 5. The highest BCUT2D eigenvalue weighted by Gasteiger charge is 2.18. The fourth-order valence-corrected chi connectivity index (χ4v) is 2.95. The van der Waals surface area contributed by atoms with Crippen LogP contribution in [0.25, 0.3) is 16.2 Å². The van der Waals surface area contributed by atoms with E-state index < -0.39 is 0 Å². The zero-order valence-corrected chi connectivity index (χ0v) is 12.1.